The molecule has 14 heavy (non-hydrogen) atoms. The third kappa shape index (κ3) is 4.12. The molecule has 0 aliphatic carbocycles. The minimum absolute atomic E-state index is 0.0975. The van der Waals surface area contributed by atoms with Crippen LogP contribution in [0.5, 0.6) is 0 Å². The SMILES string of the molecule is CCOC(=O)CCCCc1ccoc1. The van der Waals surface area contributed by atoms with Crippen LogP contribution in [0.4, 0.5) is 0 Å². The Labute approximate surface area is 84.1 Å². The molecule has 1 aromatic heterocycles. The summed E-state index contributed by atoms with van der Waals surface area (Å²) in [6.45, 7) is 2.30. The molecule has 0 amide bonds. The summed E-state index contributed by atoms with van der Waals surface area (Å²) in [5, 5.41) is 0. The van der Waals surface area contributed by atoms with E-state index in [-0.39, 0.29) is 5.97 Å². The molecule has 0 saturated heterocycles. The maximum Gasteiger partial charge on any atom is 0.305 e. The number of aryl methyl sites for hydroxylation is 1. The van der Waals surface area contributed by atoms with Gasteiger partial charge in [0.15, 0.2) is 0 Å². The maximum absolute atomic E-state index is 11.0. The van der Waals surface area contributed by atoms with Crippen LogP contribution in [0.2, 0.25) is 0 Å². The molecular weight excluding hydrogens is 180 g/mol. The summed E-state index contributed by atoms with van der Waals surface area (Å²) in [5.41, 5.74) is 1.19. The number of carbonyl (C=O) groups is 1. The Morgan fingerprint density at radius 2 is 2.36 bits per heavy atom. The average Bonchev–Trinajstić information content (AvgIpc) is 2.65. The first-order valence-electron chi connectivity index (χ1n) is 4.99. The van der Waals surface area contributed by atoms with Crippen LogP contribution in [0.1, 0.15) is 31.7 Å². The standard InChI is InChI=1S/C11H16O3/c1-2-14-11(12)6-4-3-5-10-7-8-13-9-10/h7-9H,2-6H2,1H3. The first kappa shape index (κ1) is 10.8. The van der Waals surface area contributed by atoms with Crippen LogP contribution in [0, 0.1) is 0 Å². The number of rotatable bonds is 6. The van der Waals surface area contributed by atoms with Gasteiger partial charge in [-0.1, -0.05) is 0 Å². The van der Waals surface area contributed by atoms with E-state index in [1.54, 1.807) is 12.5 Å². The summed E-state index contributed by atoms with van der Waals surface area (Å²) in [5.74, 6) is -0.0975. The Morgan fingerprint density at radius 3 is 3.00 bits per heavy atom. The van der Waals surface area contributed by atoms with Crippen molar-refractivity contribution in [3.63, 3.8) is 0 Å². The molecule has 78 valence electrons. The molecule has 3 heteroatoms. The smallest absolute Gasteiger partial charge is 0.305 e. The number of unbranched alkanes of at least 4 members (excludes halogenated alkanes) is 1. The molecule has 0 radical (unpaired) electrons. The fourth-order valence-corrected chi connectivity index (χ4v) is 1.27. The number of carbonyl (C=O) groups excluding carboxylic acids is 1. The van der Waals surface area contributed by atoms with Gasteiger partial charge in [-0.2, -0.15) is 0 Å². The van der Waals surface area contributed by atoms with Gasteiger partial charge in [0.05, 0.1) is 19.1 Å². The molecule has 0 fully saturated rings. The van der Waals surface area contributed by atoms with Crippen molar-refractivity contribution in [2.45, 2.75) is 32.6 Å². The summed E-state index contributed by atoms with van der Waals surface area (Å²) in [6, 6.07) is 1.95. The highest BCUT2D eigenvalue weighted by Gasteiger charge is 2.01. The molecule has 0 bridgehead atoms. The summed E-state index contributed by atoms with van der Waals surface area (Å²) in [4.78, 5) is 11.0. The largest absolute Gasteiger partial charge is 0.472 e. The molecule has 0 spiro atoms. The van der Waals surface area contributed by atoms with Crippen LogP contribution in [0.3, 0.4) is 0 Å². The van der Waals surface area contributed by atoms with Crippen LogP contribution < -0.4 is 0 Å². The molecule has 0 saturated carbocycles. The summed E-state index contributed by atoms with van der Waals surface area (Å²) in [7, 11) is 0. The molecule has 1 aromatic rings. The normalized spacial score (nSPS) is 10.1. The Hall–Kier alpha value is -1.25. The molecule has 1 heterocycles. The lowest BCUT2D eigenvalue weighted by Gasteiger charge is -2.00. The van der Waals surface area contributed by atoms with Gasteiger partial charge in [-0.15, -0.1) is 0 Å². The summed E-state index contributed by atoms with van der Waals surface area (Å²) < 4.78 is 9.76. The van der Waals surface area contributed by atoms with Gasteiger partial charge < -0.3 is 9.15 Å². The zero-order valence-electron chi connectivity index (χ0n) is 8.49. The van der Waals surface area contributed by atoms with E-state index in [1.165, 1.54) is 5.56 Å². The second-order valence-corrected chi connectivity index (χ2v) is 3.14. The van der Waals surface area contributed by atoms with E-state index in [0.29, 0.717) is 13.0 Å². The summed E-state index contributed by atoms with van der Waals surface area (Å²) >= 11 is 0. The fourth-order valence-electron chi connectivity index (χ4n) is 1.27. The zero-order valence-corrected chi connectivity index (χ0v) is 8.49. The van der Waals surface area contributed by atoms with Gasteiger partial charge >= 0.3 is 5.97 Å². The van der Waals surface area contributed by atoms with Crippen molar-refractivity contribution in [1.29, 1.82) is 0 Å². The highest BCUT2D eigenvalue weighted by Crippen LogP contribution is 2.07. The van der Waals surface area contributed by atoms with Crippen molar-refractivity contribution in [2.24, 2.45) is 0 Å². The molecule has 0 unspecified atom stereocenters. The minimum Gasteiger partial charge on any atom is -0.472 e. The van der Waals surface area contributed by atoms with Crippen LogP contribution in [-0.2, 0) is 16.0 Å². The first-order valence-corrected chi connectivity index (χ1v) is 4.99. The van der Waals surface area contributed by atoms with E-state index in [4.69, 9.17) is 9.15 Å². The molecule has 0 atom stereocenters. The van der Waals surface area contributed by atoms with Crippen molar-refractivity contribution in [3.05, 3.63) is 24.2 Å². The van der Waals surface area contributed by atoms with Crippen LogP contribution in [-0.4, -0.2) is 12.6 Å². The van der Waals surface area contributed by atoms with Crippen LogP contribution in [0.25, 0.3) is 0 Å². The predicted octanol–water partition coefficient (Wildman–Crippen LogP) is 2.56. The Morgan fingerprint density at radius 1 is 1.50 bits per heavy atom. The van der Waals surface area contributed by atoms with Gasteiger partial charge in [0.1, 0.15) is 0 Å². The van der Waals surface area contributed by atoms with E-state index < -0.39 is 0 Å². The van der Waals surface area contributed by atoms with E-state index in [0.717, 1.165) is 19.3 Å². The van der Waals surface area contributed by atoms with Crippen LogP contribution in [0.15, 0.2) is 23.0 Å². The zero-order chi connectivity index (χ0) is 10.2. The van der Waals surface area contributed by atoms with Crippen molar-refractivity contribution >= 4 is 5.97 Å². The van der Waals surface area contributed by atoms with E-state index >= 15 is 0 Å². The monoisotopic (exact) mass is 196 g/mol. The van der Waals surface area contributed by atoms with Gasteiger partial charge in [0, 0.05) is 6.42 Å². The lowest BCUT2D eigenvalue weighted by molar-refractivity contribution is -0.143. The highest BCUT2D eigenvalue weighted by atomic mass is 16.5. The predicted molar refractivity (Wildman–Crippen MR) is 52.9 cm³/mol. The number of furan rings is 1. The Bertz CT molecular complexity index is 252. The van der Waals surface area contributed by atoms with Gasteiger partial charge in [0.25, 0.3) is 0 Å². The van der Waals surface area contributed by atoms with Crippen LogP contribution >= 0.6 is 0 Å². The molecule has 0 N–H and O–H groups in total. The Kier molecular flexibility index (Phi) is 4.83. The first-order chi connectivity index (χ1) is 6.83. The third-order valence-corrected chi connectivity index (χ3v) is 1.98. The second kappa shape index (κ2) is 6.24. The van der Waals surface area contributed by atoms with Crippen molar-refractivity contribution in [1.82, 2.24) is 0 Å². The van der Waals surface area contributed by atoms with Gasteiger partial charge in [-0.3, -0.25) is 4.79 Å². The van der Waals surface area contributed by atoms with Gasteiger partial charge in [-0.25, -0.2) is 0 Å². The fraction of sp³-hybridized carbons (Fsp3) is 0.545. The van der Waals surface area contributed by atoms with E-state index in [2.05, 4.69) is 0 Å². The number of hydrogen-bond acceptors (Lipinski definition) is 3. The lowest BCUT2D eigenvalue weighted by atomic mass is 10.1. The summed E-state index contributed by atoms with van der Waals surface area (Å²) in [6.07, 6.45) is 6.77. The minimum atomic E-state index is -0.0975. The molecule has 1 rings (SSSR count). The molecule has 3 nitrogen and oxygen atoms in total. The van der Waals surface area contributed by atoms with Crippen molar-refractivity contribution < 1.29 is 13.9 Å². The van der Waals surface area contributed by atoms with Crippen molar-refractivity contribution in [3.8, 4) is 0 Å². The van der Waals surface area contributed by atoms with E-state index in [9.17, 15) is 4.79 Å². The van der Waals surface area contributed by atoms with Gasteiger partial charge in [-0.05, 0) is 37.8 Å². The number of esters is 1. The third-order valence-electron chi connectivity index (χ3n) is 1.98. The number of hydrogen-bond donors (Lipinski definition) is 0. The van der Waals surface area contributed by atoms with Gasteiger partial charge in [0.2, 0.25) is 0 Å². The highest BCUT2D eigenvalue weighted by molar-refractivity contribution is 5.69. The number of ether oxygens (including phenoxy) is 1. The molecule has 0 aliphatic heterocycles. The molecular formula is C11H16O3. The maximum atomic E-state index is 11.0. The average molecular weight is 196 g/mol. The second-order valence-electron chi connectivity index (χ2n) is 3.14. The molecule has 0 aliphatic rings. The quantitative estimate of drug-likeness (QED) is 0.518. The lowest BCUT2D eigenvalue weighted by Crippen LogP contribution is -2.03. The molecule has 0 aromatic carbocycles. The van der Waals surface area contributed by atoms with Crippen molar-refractivity contribution in [2.75, 3.05) is 6.61 Å². The Balaban J connectivity index is 2.02. The van der Waals surface area contributed by atoms with E-state index in [1.807, 2.05) is 13.0 Å². The topological polar surface area (TPSA) is 39.4 Å².